The van der Waals surface area contributed by atoms with Crippen LogP contribution in [0.2, 0.25) is 0 Å². The van der Waals surface area contributed by atoms with E-state index in [-0.39, 0.29) is 11.3 Å². The third kappa shape index (κ3) is 2.85. The number of hydrogen-bond donors (Lipinski definition) is 0. The molecule has 1 aliphatic rings. The molecule has 1 fully saturated rings. The van der Waals surface area contributed by atoms with E-state index in [1.165, 1.54) is 50.8 Å². The molecule has 3 rings (SSSR count). The first kappa shape index (κ1) is 15.0. The first-order chi connectivity index (χ1) is 10.7. The highest BCUT2D eigenvalue weighted by Crippen LogP contribution is 2.34. The number of rotatable bonds is 3. The zero-order chi connectivity index (χ0) is 15.5. The number of hydrogen-bond acceptors (Lipinski definition) is 1. The van der Waals surface area contributed by atoms with E-state index in [1.54, 1.807) is 6.07 Å². The minimum atomic E-state index is -0.934. The Bertz CT molecular complexity index is 643. The minimum absolute atomic E-state index is 0.0694. The van der Waals surface area contributed by atoms with Crippen molar-refractivity contribution in [2.75, 3.05) is 7.11 Å². The third-order valence-electron chi connectivity index (χ3n) is 4.57. The second kappa shape index (κ2) is 6.47. The first-order valence-electron chi connectivity index (χ1n) is 7.83. The third-order valence-corrected chi connectivity index (χ3v) is 4.57. The molecule has 2 aromatic rings. The molecule has 0 unspecified atom stereocenters. The average Bonchev–Trinajstić information content (AvgIpc) is 2.58. The summed E-state index contributed by atoms with van der Waals surface area (Å²) in [6, 6.07) is 10.9. The van der Waals surface area contributed by atoms with Crippen LogP contribution in [-0.4, -0.2) is 7.11 Å². The van der Waals surface area contributed by atoms with Gasteiger partial charge in [-0.25, -0.2) is 4.39 Å². The van der Waals surface area contributed by atoms with E-state index < -0.39 is 11.6 Å². The molecule has 0 radical (unpaired) electrons. The monoisotopic (exact) mass is 302 g/mol. The SMILES string of the molecule is COc1ccc(-c2ccc(C3CCCCC3)cc2)c(F)c1F. The summed E-state index contributed by atoms with van der Waals surface area (Å²) in [5.41, 5.74) is 2.27. The normalized spacial score (nSPS) is 15.8. The molecule has 2 aromatic carbocycles. The maximum atomic E-state index is 14.1. The van der Waals surface area contributed by atoms with Crippen molar-refractivity contribution in [2.45, 2.75) is 38.0 Å². The Morgan fingerprint density at radius 2 is 1.55 bits per heavy atom. The molecule has 116 valence electrons. The van der Waals surface area contributed by atoms with Crippen LogP contribution < -0.4 is 4.74 Å². The Morgan fingerprint density at radius 3 is 2.18 bits per heavy atom. The van der Waals surface area contributed by atoms with Gasteiger partial charge >= 0.3 is 0 Å². The molecule has 0 heterocycles. The van der Waals surface area contributed by atoms with E-state index in [1.807, 2.05) is 24.3 Å². The van der Waals surface area contributed by atoms with Gasteiger partial charge in [0.25, 0.3) is 0 Å². The lowest BCUT2D eigenvalue weighted by molar-refractivity contribution is 0.372. The van der Waals surface area contributed by atoms with Gasteiger partial charge in [0.2, 0.25) is 5.82 Å². The molecule has 1 aliphatic carbocycles. The first-order valence-corrected chi connectivity index (χ1v) is 7.83. The van der Waals surface area contributed by atoms with E-state index in [2.05, 4.69) is 0 Å². The van der Waals surface area contributed by atoms with Crippen molar-refractivity contribution in [3.8, 4) is 16.9 Å². The Hall–Kier alpha value is -1.90. The molecule has 1 saturated carbocycles. The average molecular weight is 302 g/mol. The molecule has 3 heteroatoms. The predicted octanol–water partition coefficient (Wildman–Crippen LogP) is 5.69. The maximum Gasteiger partial charge on any atom is 0.201 e. The van der Waals surface area contributed by atoms with Gasteiger partial charge in [0.1, 0.15) is 0 Å². The van der Waals surface area contributed by atoms with E-state index in [0.29, 0.717) is 11.5 Å². The van der Waals surface area contributed by atoms with Gasteiger partial charge in [-0.1, -0.05) is 43.5 Å². The van der Waals surface area contributed by atoms with Crippen LogP contribution in [0, 0.1) is 11.6 Å². The van der Waals surface area contributed by atoms with Gasteiger partial charge in [-0.2, -0.15) is 4.39 Å². The Balaban J connectivity index is 1.88. The molecule has 0 aliphatic heterocycles. The van der Waals surface area contributed by atoms with Crippen molar-refractivity contribution >= 4 is 0 Å². The van der Waals surface area contributed by atoms with Gasteiger partial charge in [-0.05, 0) is 42.0 Å². The Morgan fingerprint density at radius 1 is 0.864 bits per heavy atom. The summed E-state index contributed by atoms with van der Waals surface area (Å²) in [7, 11) is 1.33. The van der Waals surface area contributed by atoms with E-state index in [9.17, 15) is 8.78 Å². The van der Waals surface area contributed by atoms with Gasteiger partial charge in [-0.15, -0.1) is 0 Å². The summed E-state index contributed by atoms with van der Waals surface area (Å²) in [6.45, 7) is 0. The molecule has 1 nitrogen and oxygen atoms in total. The quantitative estimate of drug-likeness (QED) is 0.708. The second-order valence-electron chi connectivity index (χ2n) is 5.90. The van der Waals surface area contributed by atoms with Gasteiger partial charge in [0.05, 0.1) is 7.11 Å². The lowest BCUT2D eigenvalue weighted by atomic mass is 9.83. The van der Waals surface area contributed by atoms with Crippen molar-refractivity contribution in [1.29, 1.82) is 0 Å². The topological polar surface area (TPSA) is 9.23 Å². The Kier molecular flexibility index (Phi) is 4.41. The van der Waals surface area contributed by atoms with Gasteiger partial charge < -0.3 is 4.74 Å². The summed E-state index contributed by atoms with van der Waals surface area (Å²) < 4.78 is 32.8. The lowest BCUT2D eigenvalue weighted by Gasteiger charge is -2.22. The van der Waals surface area contributed by atoms with Crippen LogP contribution in [0.25, 0.3) is 11.1 Å². The fourth-order valence-electron chi connectivity index (χ4n) is 3.28. The highest BCUT2D eigenvalue weighted by Gasteiger charge is 2.17. The van der Waals surface area contributed by atoms with Crippen LogP contribution in [-0.2, 0) is 0 Å². The summed E-state index contributed by atoms with van der Waals surface area (Å²) in [4.78, 5) is 0. The summed E-state index contributed by atoms with van der Waals surface area (Å²) in [5.74, 6) is -1.25. The van der Waals surface area contributed by atoms with Crippen molar-refractivity contribution in [3.63, 3.8) is 0 Å². The van der Waals surface area contributed by atoms with Gasteiger partial charge in [0, 0.05) is 5.56 Å². The molecule has 0 bridgehead atoms. The number of benzene rings is 2. The predicted molar refractivity (Wildman–Crippen MR) is 84.2 cm³/mol. The van der Waals surface area contributed by atoms with Crippen LogP contribution in [0.15, 0.2) is 36.4 Å². The smallest absolute Gasteiger partial charge is 0.201 e. The van der Waals surface area contributed by atoms with Crippen molar-refractivity contribution < 1.29 is 13.5 Å². The van der Waals surface area contributed by atoms with Crippen LogP contribution in [0.5, 0.6) is 5.75 Å². The van der Waals surface area contributed by atoms with Crippen LogP contribution in [0.1, 0.15) is 43.6 Å². The fraction of sp³-hybridized carbons (Fsp3) is 0.368. The summed E-state index contributed by atoms with van der Waals surface area (Å²) in [5, 5.41) is 0. The van der Waals surface area contributed by atoms with E-state index in [4.69, 9.17) is 4.74 Å². The maximum absolute atomic E-state index is 14.1. The highest BCUT2D eigenvalue weighted by atomic mass is 19.2. The van der Waals surface area contributed by atoms with E-state index >= 15 is 0 Å². The molecule has 0 N–H and O–H groups in total. The largest absolute Gasteiger partial charge is 0.494 e. The van der Waals surface area contributed by atoms with Crippen LogP contribution in [0.3, 0.4) is 0 Å². The van der Waals surface area contributed by atoms with Gasteiger partial charge in [0.15, 0.2) is 11.6 Å². The standard InChI is InChI=1S/C19H20F2O/c1-22-17-12-11-16(18(20)19(17)21)15-9-7-14(8-10-15)13-5-3-2-4-6-13/h7-13H,2-6H2,1H3. The van der Waals surface area contributed by atoms with Crippen molar-refractivity contribution in [3.05, 3.63) is 53.6 Å². The summed E-state index contributed by atoms with van der Waals surface area (Å²) >= 11 is 0. The molecule has 0 amide bonds. The number of methoxy groups -OCH3 is 1. The number of halogens is 2. The lowest BCUT2D eigenvalue weighted by Crippen LogP contribution is -2.04. The molecule has 0 atom stereocenters. The van der Waals surface area contributed by atoms with E-state index in [0.717, 1.165) is 0 Å². The fourth-order valence-corrected chi connectivity index (χ4v) is 3.28. The molecular weight excluding hydrogens is 282 g/mol. The molecule has 0 saturated heterocycles. The molecule has 22 heavy (non-hydrogen) atoms. The Labute approximate surface area is 129 Å². The minimum Gasteiger partial charge on any atom is -0.494 e. The van der Waals surface area contributed by atoms with Crippen LogP contribution >= 0.6 is 0 Å². The zero-order valence-electron chi connectivity index (χ0n) is 12.7. The van der Waals surface area contributed by atoms with Gasteiger partial charge in [-0.3, -0.25) is 0 Å². The van der Waals surface area contributed by atoms with Crippen LogP contribution in [0.4, 0.5) is 8.78 Å². The van der Waals surface area contributed by atoms with Crippen molar-refractivity contribution in [2.24, 2.45) is 0 Å². The number of ether oxygens (including phenoxy) is 1. The summed E-state index contributed by atoms with van der Waals surface area (Å²) in [6.07, 6.45) is 6.34. The molecular formula is C19H20F2O. The zero-order valence-corrected chi connectivity index (χ0v) is 12.7. The molecule has 0 spiro atoms. The highest BCUT2D eigenvalue weighted by molar-refractivity contribution is 5.65. The van der Waals surface area contributed by atoms with Crippen molar-refractivity contribution in [1.82, 2.24) is 0 Å². The second-order valence-corrected chi connectivity index (χ2v) is 5.90. The molecule has 0 aromatic heterocycles.